The van der Waals surface area contributed by atoms with Gasteiger partial charge in [-0.25, -0.2) is 4.79 Å². The van der Waals surface area contributed by atoms with Gasteiger partial charge in [0.25, 0.3) is 0 Å². The molecule has 0 aliphatic heterocycles. The van der Waals surface area contributed by atoms with Crippen molar-refractivity contribution >= 4 is 12.0 Å². The molecule has 3 fully saturated rings. The summed E-state index contributed by atoms with van der Waals surface area (Å²) in [5.41, 5.74) is 0.971. The minimum atomic E-state index is -0.414. The lowest BCUT2D eigenvalue weighted by atomic mass is 9.64. The Kier molecular flexibility index (Phi) is 4.75. The fourth-order valence-electron chi connectivity index (χ4n) is 7.22. The van der Waals surface area contributed by atoms with Crippen molar-refractivity contribution in [3.8, 4) is 11.5 Å². The number of fused-ring (bicyclic) bond motifs is 1. The fourth-order valence-corrected chi connectivity index (χ4v) is 7.22. The molecule has 1 N–H and O–H groups in total. The summed E-state index contributed by atoms with van der Waals surface area (Å²) >= 11 is 0. The average Bonchev–Trinajstić information content (AvgIpc) is 3.09. The Morgan fingerprint density at radius 3 is 2.62 bits per heavy atom. The van der Waals surface area contributed by atoms with Crippen molar-refractivity contribution in [3.63, 3.8) is 0 Å². The van der Waals surface area contributed by atoms with Gasteiger partial charge >= 0.3 is 5.97 Å². The van der Waals surface area contributed by atoms with E-state index in [0.29, 0.717) is 17.1 Å². The number of esters is 1. The number of phenols is 1. The molecule has 3 saturated carbocycles. The van der Waals surface area contributed by atoms with Crippen LogP contribution in [0.15, 0.2) is 24.3 Å². The number of methoxy groups -OCH3 is 1. The van der Waals surface area contributed by atoms with Crippen LogP contribution in [0.2, 0.25) is 0 Å². The Bertz CT molecular complexity index is 841. The highest BCUT2D eigenvalue weighted by atomic mass is 16.6. The van der Waals surface area contributed by atoms with Crippen LogP contribution >= 0.6 is 0 Å². The first-order valence-corrected chi connectivity index (χ1v) is 10.9. The summed E-state index contributed by atoms with van der Waals surface area (Å²) in [7, 11) is 1.51. The molecule has 4 rings (SSSR count). The van der Waals surface area contributed by atoms with Crippen molar-refractivity contribution in [1.82, 2.24) is 0 Å². The van der Waals surface area contributed by atoms with Gasteiger partial charge in [-0.15, -0.1) is 0 Å². The maximum Gasteiger partial charge on any atom is 0.331 e. The van der Waals surface area contributed by atoms with Gasteiger partial charge < -0.3 is 14.6 Å². The first-order valence-electron chi connectivity index (χ1n) is 10.9. The third-order valence-electron chi connectivity index (χ3n) is 8.72. The summed E-state index contributed by atoms with van der Waals surface area (Å²) in [6.45, 7) is 9.37. The van der Waals surface area contributed by atoms with E-state index in [2.05, 4.69) is 27.7 Å². The van der Waals surface area contributed by atoms with Gasteiger partial charge in [-0.1, -0.05) is 26.8 Å². The van der Waals surface area contributed by atoms with E-state index in [9.17, 15) is 9.90 Å². The first kappa shape index (κ1) is 20.3. The van der Waals surface area contributed by atoms with Gasteiger partial charge in [-0.2, -0.15) is 0 Å². The normalized spacial score (nSPS) is 37.5. The van der Waals surface area contributed by atoms with E-state index in [1.807, 2.05) is 0 Å². The van der Waals surface area contributed by atoms with Crippen LogP contribution in [0.3, 0.4) is 0 Å². The summed E-state index contributed by atoms with van der Waals surface area (Å²) in [5, 5.41) is 9.91. The molecule has 5 atom stereocenters. The van der Waals surface area contributed by atoms with Gasteiger partial charge in [0.05, 0.1) is 7.11 Å². The molecule has 0 heterocycles. The molecule has 0 amide bonds. The van der Waals surface area contributed by atoms with E-state index in [1.165, 1.54) is 38.9 Å². The average molecular weight is 399 g/mol. The summed E-state index contributed by atoms with van der Waals surface area (Å²) in [6, 6.07) is 5.07. The molecule has 1 spiro atoms. The van der Waals surface area contributed by atoms with E-state index in [0.717, 1.165) is 23.8 Å². The van der Waals surface area contributed by atoms with E-state index in [1.54, 1.807) is 24.3 Å². The minimum Gasteiger partial charge on any atom is -0.504 e. The lowest BCUT2D eigenvalue weighted by Crippen LogP contribution is -2.47. The van der Waals surface area contributed by atoms with Crippen LogP contribution in [-0.2, 0) is 9.53 Å². The molecule has 29 heavy (non-hydrogen) atoms. The SMILES string of the molecule is COc1ccc(/C=C/C(=O)O[C@]2(C)CC[C@@]34C[C@@H]2C(C)(C)[C@@H]3CC[C@H]4C)cc1O. The highest BCUT2D eigenvalue weighted by Gasteiger charge is 2.68. The van der Waals surface area contributed by atoms with Crippen molar-refractivity contribution in [2.75, 3.05) is 7.11 Å². The Hall–Kier alpha value is -1.97. The largest absolute Gasteiger partial charge is 0.504 e. The zero-order chi connectivity index (χ0) is 21.0. The van der Waals surface area contributed by atoms with Gasteiger partial charge in [0.15, 0.2) is 11.5 Å². The van der Waals surface area contributed by atoms with E-state index >= 15 is 0 Å². The molecule has 158 valence electrons. The van der Waals surface area contributed by atoms with Crippen molar-refractivity contribution in [2.24, 2.45) is 28.6 Å². The monoisotopic (exact) mass is 398 g/mol. The number of hydrogen-bond donors (Lipinski definition) is 1. The van der Waals surface area contributed by atoms with Crippen molar-refractivity contribution in [3.05, 3.63) is 29.8 Å². The number of hydrogen-bond acceptors (Lipinski definition) is 4. The maximum absolute atomic E-state index is 12.7. The molecule has 2 bridgehead atoms. The van der Waals surface area contributed by atoms with Crippen LogP contribution in [0, 0.1) is 28.6 Å². The third-order valence-corrected chi connectivity index (χ3v) is 8.72. The standard InChI is InChI=1S/C25H34O4/c1-16-6-10-20-23(2,3)21-15-25(16,20)13-12-24(21,4)29-22(27)11-8-17-7-9-19(28-5)18(26)14-17/h7-9,11,14,16,20-21,26H,6,10,12-13,15H2,1-5H3/b11-8+/t16-,20+,21-,24-,25+/m1/s1. The quantitative estimate of drug-likeness (QED) is 0.531. The lowest BCUT2D eigenvalue weighted by Gasteiger charge is -2.46. The second kappa shape index (κ2) is 6.78. The third kappa shape index (κ3) is 3.06. The predicted molar refractivity (Wildman–Crippen MR) is 114 cm³/mol. The van der Waals surface area contributed by atoms with Crippen LogP contribution in [-0.4, -0.2) is 23.8 Å². The molecule has 4 nitrogen and oxygen atoms in total. The second-order valence-corrected chi connectivity index (χ2v) is 10.3. The fraction of sp³-hybridized carbons (Fsp3) is 0.640. The smallest absolute Gasteiger partial charge is 0.331 e. The predicted octanol–water partition coefficient (Wildman–Crippen LogP) is 5.59. The number of benzene rings is 1. The van der Waals surface area contributed by atoms with E-state index in [4.69, 9.17) is 9.47 Å². The molecule has 0 unspecified atom stereocenters. The first-order chi connectivity index (χ1) is 13.6. The lowest BCUT2D eigenvalue weighted by molar-refractivity contribution is -0.167. The maximum atomic E-state index is 12.7. The van der Waals surface area contributed by atoms with Crippen molar-refractivity contribution in [2.45, 2.75) is 65.4 Å². The molecule has 4 heteroatoms. The molecule has 1 aromatic carbocycles. The Morgan fingerprint density at radius 2 is 1.93 bits per heavy atom. The van der Waals surface area contributed by atoms with Crippen LogP contribution in [0.4, 0.5) is 0 Å². The second-order valence-electron chi connectivity index (χ2n) is 10.3. The number of carbonyl (C=O) groups excluding carboxylic acids is 1. The minimum absolute atomic E-state index is 0.0564. The molecule has 0 saturated heterocycles. The van der Waals surface area contributed by atoms with Gasteiger partial charge in [0, 0.05) is 12.0 Å². The molecular formula is C25H34O4. The van der Waals surface area contributed by atoms with Gasteiger partial charge in [0.1, 0.15) is 5.60 Å². The topological polar surface area (TPSA) is 55.8 Å². The molecule has 1 aromatic rings. The molecule has 0 aromatic heterocycles. The highest BCUT2D eigenvalue weighted by molar-refractivity contribution is 5.87. The van der Waals surface area contributed by atoms with Gasteiger partial charge in [0.2, 0.25) is 0 Å². The summed E-state index contributed by atoms with van der Waals surface area (Å²) in [4.78, 5) is 12.7. The van der Waals surface area contributed by atoms with E-state index < -0.39 is 5.60 Å². The van der Waals surface area contributed by atoms with Crippen molar-refractivity contribution in [1.29, 1.82) is 0 Å². The van der Waals surface area contributed by atoms with Crippen LogP contribution < -0.4 is 4.74 Å². The zero-order valence-electron chi connectivity index (χ0n) is 18.3. The number of ether oxygens (including phenoxy) is 2. The van der Waals surface area contributed by atoms with Gasteiger partial charge in [-0.05, 0) is 85.5 Å². The summed E-state index contributed by atoms with van der Waals surface area (Å²) < 4.78 is 11.2. The molecule has 3 aliphatic rings. The molecular weight excluding hydrogens is 364 g/mol. The number of aromatic hydroxyl groups is 1. The Balaban J connectivity index is 1.49. The number of carbonyl (C=O) groups is 1. The summed E-state index contributed by atoms with van der Waals surface area (Å²) in [5.74, 6) is 2.09. The van der Waals surface area contributed by atoms with Crippen LogP contribution in [0.1, 0.15) is 65.4 Å². The number of rotatable bonds is 4. The Morgan fingerprint density at radius 1 is 1.17 bits per heavy atom. The van der Waals surface area contributed by atoms with Crippen LogP contribution in [0.5, 0.6) is 11.5 Å². The zero-order valence-corrected chi connectivity index (χ0v) is 18.3. The molecule has 0 radical (unpaired) electrons. The highest BCUT2D eigenvalue weighted by Crippen LogP contribution is 2.73. The summed E-state index contributed by atoms with van der Waals surface area (Å²) in [6.07, 6.45) is 9.12. The molecule has 3 aliphatic carbocycles. The van der Waals surface area contributed by atoms with Gasteiger partial charge in [-0.3, -0.25) is 0 Å². The Labute approximate surface area is 174 Å². The number of phenolic OH excluding ortho intramolecular Hbond substituents is 1. The van der Waals surface area contributed by atoms with Crippen LogP contribution in [0.25, 0.3) is 6.08 Å². The van der Waals surface area contributed by atoms with E-state index in [-0.39, 0.29) is 17.1 Å². The van der Waals surface area contributed by atoms with Crippen molar-refractivity contribution < 1.29 is 19.4 Å².